The minimum atomic E-state index is -0.0649. The number of hydrogen-bond donors (Lipinski definition) is 1. The second-order valence-corrected chi connectivity index (χ2v) is 7.94. The first-order valence-electron chi connectivity index (χ1n) is 10.7. The number of nitrogens with one attached hydrogen (secondary N) is 1. The molecule has 0 radical (unpaired) electrons. The Morgan fingerprint density at radius 3 is 2.67 bits per heavy atom. The summed E-state index contributed by atoms with van der Waals surface area (Å²) in [4.78, 5) is 22.0. The van der Waals surface area contributed by atoms with Crippen LogP contribution in [0.15, 0.2) is 61.1 Å². The molecule has 30 heavy (non-hydrogen) atoms. The molecule has 1 atom stereocenters. The van der Waals surface area contributed by atoms with Gasteiger partial charge in [0.15, 0.2) is 0 Å². The summed E-state index contributed by atoms with van der Waals surface area (Å²) in [6, 6.07) is 14.5. The van der Waals surface area contributed by atoms with Gasteiger partial charge in [-0.15, -0.1) is 0 Å². The number of aromatic nitrogens is 3. The van der Waals surface area contributed by atoms with Crippen LogP contribution in [0.4, 0.5) is 0 Å². The molecular formula is C24H29N5O. The van der Waals surface area contributed by atoms with Gasteiger partial charge < -0.3 is 4.90 Å². The smallest absolute Gasteiger partial charge is 0.227 e. The van der Waals surface area contributed by atoms with E-state index in [9.17, 15) is 4.79 Å². The molecule has 6 heteroatoms. The molecule has 0 aliphatic carbocycles. The van der Waals surface area contributed by atoms with Crippen molar-refractivity contribution in [2.45, 2.75) is 26.3 Å². The first kappa shape index (κ1) is 20.3. The highest BCUT2D eigenvalue weighted by molar-refractivity contribution is 5.80. The predicted octanol–water partition coefficient (Wildman–Crippen LogP) is 3.38. The first-order chi connectivity index (χ1) is 14.7. The van der Waals surface area contributed by atoms with Crippen LogP contribution >= 0.6 is 0 Å². The first-order valence-corrected chi connectivity index (χ1v) is 10.7. The van der Waals surface area contributed by atoms with Gasteiger partial charge in [0.1, 0.15) is 0 Å². The third kappa shape index (κ3) is 4.76. The molecule has 4 rings (SSSR count). The zero-order chi connectivity index (χ0) is 20.8. The average molecular weight is 404 g/mol. The summed E-state index contributed by atoms with van der Waals surface area (Å²) < 4.78 is 0. The summed E-state index contributed by atoms with van der Waals surface area (Å²) in [5, 5.41) is 7.12. The van der Waals surface area contributed by atoms with E-state index in [0.717, 1.165) is 56.8 Å². The van der Waals surface area contributed by atoms with Gasteiger partial charge in [-0.1, -0.05) is 31.2 Å². The zero-order valence-corrected chi connectivity index (χ0v) is 17.5. The fourth-order valence-electron chi connectivity index (χ4n) is 4.29. The predicted molar refractivity (Wildman–Crippen MR) is 118 cm³/mol. The maximum absolute atomic E-state index is 13.4. The SMILES string of the molecule is CCCN1CCN(Cc2ccn[nH]2)C[C@H](Cc2ccccc2-c2ccncc2)C1=O. The van der Waals surface area contributed by atoms with Crippen LogP contribution < -0.4 is 0 Å². The maximum Gasteiger partial charge on any atom is 0.227 e. The van der Waals surface area contributed by atoms with Crippen molar-refractivity contribution >= 4 is 5.91 Å². The fourth-order valence-corrected chi connectivity index (χ4v) is 4.29. The van der Waals surface area contributed by atoms with Gasteiger partial charge in [0.05, 0.1) is 5.92 Å². The van der Waals surface area contributed by atoms with E-state index in [0.29, 0.717) is 0 Å². The molecule has 0 saturated carbocycles. The van der Waals surface area contributed by atoms with Crippen molar-refractivity contribution in [1.29, 1.82) is 0 Å². The van der Waals surface area contributed by atoms with Crippen molar-refractivity contribution in [2.24, 2.45) is 5.92 Å². The number of pyridine rings is 1. The highest BCUT2D eigenvalue weighted by Crippen LogP contribution is 2.27. The second-order valence-electron chi connectivity index (χ2n) is 7.94. The van der Waals surface area contributed by atoms with Gasteiger partial charge in [-0.3, -0.25) is 19.8 Å². The number of rotatable bonds is 7. The molecular weight excluding hydrogens is 374 g/mol. The van der Waals surface area contributed by atoms with Crippen LogP contribution in [0, 0.1) is 5.92 Å². The van der Waals surface area contributed by atoms with E-state index in [-0.39, 0.29) is 11.8 Å². The van der Waals surface area contributed by atoms with Crippen LogP contribution in [0.25, 0.3) is 11.1 Å². The molecule has 1 saturated heterocycles. The fraction of sp³-hybridized carbons (Fsp3) is 0.375. The van der Waals surface area contributed by atoms with Crippen LogP contribution in [0.1, 0.15) is 24.6 Å². The third-order valence-electron chi connectivity index (χ3n) is 5.75. The third-order valence-corrected chi connectivity index (χ3v) is 5.75. The van der Waals surface area contributed by atoms with E-state index < -0.39 is 0 Å². The lowest BCUT2D eigenvalue weighted by Gasteiger charge is -2.24. The van der Waals surface area contributed by atoms with Gasteiger partial charge in [-0.05, 0) is 47.7 Å². The van der Waals surface area contributed by atoms with E-state index in [1.807, 2.05) is 35.5 Å². The molecule has 2 aromatic heterocycles. The normalized spacial score (nSPS) is 17.8. The van der Waals surface area contributed by atoms with Gasteiger partial charge in [-0.25, -0.2) is 0 Å². The van der Waals surface area contributed by atoms with E-state index in [1.165, 1.54) is 11.1 Å². The molecule has 0 unspecified atom stereocenters. The summed E-state index contributed by atoms with van der Waals surface area (Å²) in [5.41, 5.74) is 4.62. The standard InChI is InChI=1S/C24H29N5O/c1-2-13-29-15-14-28(18-22-9-12-26-27-22)17-21(24(29)30)16-20-5-3-4-6-23(20)19-7-10-25-11-8-19/h3-12,21H,2,13-18H2,1H3,(H,26,27)/t21-/m0/s1. The Morgan fingerprint density at radius 1 is 1.07 bits per heavy atom. The second kappa shape index (κ2) is 9.67. The van der Waals surface area contributed by atoms with Crippen molar-refractivity contribution in [1.82, 2.24) is 25.0 Å². The summed E-state index contributed by atoms with van der Waals surface area (Å²) in [7, 11) is 0. The molecule has 0 bridgehead atoms. The Hall–Kier alpha value is -2.99. The molecule has 1 aliphatic rings. The van der Waals surface area contributed by atoms with Crippen LogP contribution in [0.3, 0.4) is 0 Å². The largest absolute Gasteiger partial charge is 0.341 e. The van der Waals surface area contributed by atoms with E-state index in [4.69, 9.17) is 0 Å². The lowest BCUT2D eigenvalue weighted by Crippen LogP contribution is -2.37. The number of hydrogen-bond acceptors (Lipinski definition) is 4. The van der Waals surface area contributed by atoms with E-state index >= 15 is 0 Å². The van der Waals surface area contributed by atoms with Crippen LogP contribution in [0.5, 0.6) is 0 Å². The van der Waals surface area contributed by atoms with Gasteiger partial charge >= 0.3 is 0 Å². The molecule has 3 heterocycles. The minimum absolute atomic E-state index is 0.0649. The molecule has 1 aromatic carbocycles. The lowest BCUT2D eigenvalue weighted by atomic mass is 9.91. The Labute approximate surface area is 177 Å². The number of benzene rings is 1. The van der Waals surface area contributed by atoms with E-state index in [1.54, 1.807) is 6.20 Å². The summed E-state index contributed by atoms with van der Waals surface area (Å²) in [5.74, 6) is 0.207. The van der Waals surface area contributed by atoms with Crippen molar-refractivity contribution in [3.8, 4) is 11.1 Å². The summed E-state index contributed by atoms with van der Waals surface area (Å²) in [6.07, 6.45) is 7.13. The van der Waals surface area contributed by atoms with Crippen molar-refractivity contribution in [3.05, 3.63) is 72.3 Å². The molecule has 3 aromatic rings. The molecule has 1 fully saturated rings. The number of carbonyl (C=O) groups excluding carboxylic acids is 1. The van der Waals surface area contributed by atoms with Gasteiger partial charge in [0.2, 0.25) is 5.91 Å². The monoisotopic (exact) mass is 403 g/mol. The molecule has 0 spiro atoms. The van der Waals surface area contributed by atoms with Gasteiger partial charge in [-0.2, -0.15) is 5.10 Å². The number of H-pyrrole nitrogens is 1. The van der Waals surface area contributed by atoms with Crippen molar-refractivity contribution in [2.75, 3.05) is 26.2 Å². The maximum atomic E-state index is 13.4. The average Bonchev–Trinajstić information content (AvgIpc) is 3.24. The van der Waals surface area contributed by atoms with Crippen LogP contribution in [0.2, 0.25) is 0 Å². The molecule has 1 N–H and O–H groups in total. The number of amides is 1. The zero-order valence-electron chi connectivity index (χ0n) is 17.5. The quantitative estimate of drug-likeness (QED) is 0.657. The van der Waals surface area contributed by atoms with Gasteiger partial charge in [0.25, 0.3) is 0 Å². The van der Waals surface area contributed by atoms with Crippen molar-refractivity contribution < 1.29 is 4.79 Å². The summed E-state index contributed by atoms with van der Waals surface area (Å²) in [6.45, 7) is 6.16. The van der Waals surface area contributed by atoms with Crippen LogP contribution in [-0.4, -0.2) is 57.1 Å². The number of carbonyl (C=O) groups is 1. The Balaban J connectivity index is 1.59. The topological polar surface area (TPSA) is 65.1 Å². The molecule has 6 nitrogen and oxygen atoms in total. The van der Waals surface area contributed by atoms with Crippen molar-refractivity contribution in [3.63, 3.8) is 0 Å². The Bertz CT molecular complexity index is 941. The molecule has 156 valence electrons. The minimum Gasteiger partial charge on any atom is -0.341 e. The Kier molecular flexibility index (Phi) is 6.54. The number of aromatic amines is 1. The highest BCUT2D eigenvalue weighted by atomic mass is 16.2. The van der Waals surface area contributed by atoms with Crippen LogP contribution in [-0.2, 0) is 17.8 Å². The summed E-state index contributed by atoms with van der Waals surface area (Å²) >= 11 is 0. The van der Waals surface area contributed by atoms with E-state index in [2.05, 4.69) is 51.3 Å². The Morgan fingerprint density at radius 2 is 1.90 bits per heavy atom. The number of nitrogens with zero attached hydrogens (tertiary/aromatic N) is 4. The van der Waals surface area contributed by atoms with Gasteiger partial charge in [0, 0.05) is 57.0 Å². The lowest BCUT2D eigenvalue weighted by molar-refractivity contribution is -0.134. The molecule has 1 aliphatic heterocycles. The molecule has 1 amide bonds. The highest BCUT2D eigenvalue weighted by Gasteiger charge is 2.30.